The van der Waals surface area contributed by atoms with Crippen LogP contribution in [-0.4, -0.2) is 58.1 Å². The van der Waals surface area contributed by atoms with Gasteiger partial charge in [-0.2, -0.15) is 0 Å². The van der Waals surface area contributed by atoms with Crippen LogP contribution in [0.4, 0.5) is 0 Å². The first-order valence-electron chi connectivity index (χ1n) is 8.67. The number of furan rings is 2. The van der Waals surface area contributed by atoms with Gasteiger partial charge in [0.15, 0.2) is 11.5 Å². The molecule has 0 radical (unpaired) electrons. The maximum Gasteiger partial charge on any atom is 0.169 e. The fourth-order valence-electron chi connectivity index (χ4n) is 3.47. The van der Waals surface area contributed by atoms with Crippen LogP contribution in [0, 0.1) is 0 Å². The van der Waals surface area contributed by atoms with E-state index in [9.17, 15) is 20.4 Å². The van der Waals surface area contributed by atoms with Crippen molar-refractivity contribution in [1.29, 1.82) is 0 Å². The van der Waals surface area contributed by atoms with Crippen molar-refractivity contribution >= 4 is 0 Å². The van der Waals surface area contributed by atoms with Crippen LogP contribution in [0.25, 0.3) is 11.5 Å². The molecule has 0 aliphatic carbocycles. The summed E-state index contributed by atoms with van der Waals surface area (Å²) in [5, 5.41) is 38.0. The van der Waals surface area contributed by atoms with Crippen LogP contribution in [0.2, 0.25) is 0 Å². The molecule has 2 aromatic heterocycles. The molecule has 2 aliphatic rings. The third-order valence-corrected chi connectivity index (χ3v) is 4.94. The van der Waals surface area contributed by atoms with Crippen molar-refractivity contribution in [2.24, 2.45) is 0 Å². The third-order valence-electron chi connectivity index (χ3n) is 4.94. The Morgan fingerprint density at radius 1 is 0.731 bits per heavy atom. The highest BCUT2D eigenvalue weighted by Crippen LogP contribution is 2.38. The second-order valence-electron chi connectivity index (χ2n) is 6.70. The molecule has 0 amide bonds. The van der Waals surface area contributed by atoms with Crippen molar-refractivity contribution in [1.82, 2.24) is 0 Å². The average molecular weight is 366 g/mol. The van der Waals surface area contributed by atoms with Gasteiger partial charge in [0.05, 0.1) is 25.4 Å². The molecule has 6 atom stereocenters. The Bertz CT molecular complexity index is 675. The summed E-state index contributed by atoms with van der Waals surface area (Å²) in [4.78, 5) is 0. The quantitative estimate of drug-likeness (QED) is 0.615. The van der Waals surface area contributed by atoms with E-state index in [2.05, 4.69) is 0 Å². The van der Waals surface area contributed by atoms with Crippen LogP contribution in [0.15, 0.2) is 33.1 Å². The van der Waals surface area contributed by atoms with Gasteiger partial charge >= 0.3 is 0 Å². The summed E-state index contributed by atoms with van der Waals surface area (Å²) in [5.41, 5.74) is 0. The summed E-state index contributed by atoms with van der Waals surface area (Å²) in [6.45, 7) is -0.482. The summed E-state index contributed by atoms with van der Waals surface area (Å²) >= 11 is 0. The van der Waals surface area contributed by atoms with E-state index in [0.29, 0.717) is 35.9 Å². The Morgan fingerprint density at radius 3 is 1.50 bits per heavy atom. The van der Waals surface area contributed by atoms with Crippen LogP contribution in [0.3, 0.4) is 0 Å². The Hall–Kier alpha value is -1.68. The number of rotatable bonds is 5. The molecule has 0 bridgehead atoms. The fourth-order valence-corrected chi connectivity index (χ4v) is 3.47. The van der Waals surface area contributed by atoms with Gasteiger partial charge in [-0.3, -0.25) is 0 Å². The Labute approximate surface area is 149 Å². The minimum Gasteiger partial charge on any atom is -0.455 e. The molecule has 2 fully saturated rings. The number of ether oxygens (including phenoxy) is 2. The molecule has 0 saturated carbocycles. The summed E-state index contributed by atoms with van der Waals surface area (Å²) in [7, 11) is 0. The Morgan fingerprint density at radius 2 is 1.15 bits per heavy atom. The van der Waals surface area contributed by atoms with Gasteiger partial charge in [-0.15, -0.1) is 0 Å². The van der Waals surface area contributed by atoms with E-state index in [-0.39, 0.29) is 13.2 Å². The average Bonchev–Trinajstić information content (AvgIpc) is 3.39. The molecule has 8 heteroatoms. The van der Waals surface area contributed by atoms with E-state index in [1.807, 2.05) is 0 Å². The van der Waals surface area contributed by atoms with E-state index in [1.54, 1.807) is 24.3 Å². The molecule has 2 saturated heterocycles. The van der Waals surface area contributed by atoms with Gasteiger partial charge < -0.3 is 38.7 Å². The van der Waals surface area contributed by atoms with Gasteiger partial charge in [-0.25, -0.2) is 0 Å². The van der Waals surface area contributed by atoms with Crippen molar-refractivity contribution in [2.75, 3.05) is 13.2 Å². The molecule has 4 N–H and O–H groups in total. The maximum absolute atomic E-state index is 9.83. The van der Waals surface area contributed by atoms with Crippen molar-refractivity contribution in [2.45, 2.75) is 49.5 Å². The first-order chi connectivity index (χ1) is 12.6. The number of aliphatic hydroxyl groups is 4. The minimum atomic E-state index is -0.723. The van der Waals surface area contributed by atoms with Crippen LogP contribution < -0.4 is 0 Å². The van der Waals surface area contributed by atoms with Crippen molar-refractivity contribution in [3.05, 3.63) is 35.8 Å². The standard InChI is InChI=1S/C18H22O8/c19-7-17-9(21)5-15(25-17)13-3-1-11(23-13)12-2-4-14(24-12)16-6-10(22)18(8-20)26-16/h1-4,9-10,15-22H,5-8H2/t9-,10-,15+,16+,17+,18+/m0/s1. The van der Waals surface area contributed by atoms with Crippen molar-refractivity contribution < 1.29 is 38.7 Å². The van der Waals surface area contributed by atoms with Gasteiger partial charge in [-0.1, -0.05) is 0 Å². The zero-order valence-corrected chi connectivity index (χ0v) is 14.0. The number of hydrogen-bond donors (Lipinski definition) is 4. The molecule has 0 unspecified atom stereocenters. The molecular weight excluding hydrogens is 344 g/mol. The monoisotopic (exact) mass is 366 g/mol. The van der Waals surface area contributed by atoms with Crippen molar-refractivity contribution in [3.63, 3.8) is 0 Å². The van der Waals surface area contributed by atoms with E-state index >= 15 is 0 Å². The first kappa shape index (κ1) is 17.7. The topological polar surface area (TPSA) is 126 Å². The summed E-state index contributed by atoms with van der Waals surface area (Å²) in [6, 6.07) is 7.01. The van der Waals surface area contributed by atoms with E-state index in [1.165, 1.54) is 0 Å². The molecule has 2 aromatic rings. The molecule has 26 heavy (non-hydrogen) atoms. The number of hydrogen-bond acceptors (Lipinski definition) is 8. The van der Waals surface area contributed by atoms with E-state index in [0.717, 1.165) is 0 Å². The van der Waals surface area contributed by atoms with Crippen LogP contribution in [0.5, 0.6) is 0 Å². The predicted octanol–water partition coefficient (Wildman–Crippen LogP) is 0.906. The second-order valence-corrected chi connectivity index (χ2v) is 6.70. The summed E-state index contributed by atoms with van der Waals surface area (Å²) in [5.74, 6) is 2.13. The molecule has 8 nitrogen and oxygen atoms in total. The third kappa shape index (κ3) is 3.20. The SMILES string of the molecule is OC[C@H]1O[C@@H](c2ccc(-c3ccc([C@H]4C[C@H](O)[C@@H](CO)O4)o3)o2)C[C@@H]1O. The van der Waals surface area contributed by atoms with Gasteiger partial charge in [0.25, 0.3) is 0 Å². The Balaban J connectivity index is 1.47. The van der Waals surface area contributed by atoms with E-state index in [4.69, 9.17) is 18.3 Å². The van der Waals surface area contributed by atoms with Gasteiger partial charge in [0.2, 0.25) is 0 Å². The van der Waals surface area contributed by atoms with Crippen LogP contribution in [-0.2, 0) is 9.47 Å². The highest BCUT2D eigenvalue weighted by Gasteiger charge is 2.37. The molecule has 4 heterocycles. The molecular formula is C18H22O8. The lowest BCUT2D eigenvalue weighted by molar-refractivity contribution is -0.0280. The summed E-state index contributed by atoms with van der Waals surface area (Å²) in [6.07, 6.45) is -2.76. The summed E-state index contributed by atoms with van der Waals surface area (Å²) < 4.78 is 22.8. The largest absolute Gasteiger partial charge is 0.455 e. The van der Waals surface area contributed by atoms with Gasteiger partial charge in [0, 0.05) is 12.8 Å². The highest BCUT2D eigenvalue weighted by molar-refractivity contribution is 5.50. The second kappa shape index (κ2) is 7.15. The normalized spacial score (nSPS) is 34.6. The zero-order valence-electron chi connectivity index (χ0n) is 14.0. The molecule has 4 rings (SSSR count). The lowest BCUT2D eigenvalue weighted by Crippen LogP contribution is -2.24. The predicted molar refractivity (Wildman–Crippen MR) is 87.1 cm³/mol. The lowest BCUT2D eigenvalue weighted by Gasteiger charge is -2.10. The van der Waals surface area contributed by atoms with E-state index < -0.39 is 36.6 Å². The smallest absolute Gasteiger partial charge is 0.169 e. The number of aliphatic hydroxyl groups excluding tert-OH is 4. The molecule has 0 aromatic carbocycles. The highest BCUT2D eigenvalue weighted by atomic mass is 16.5. The minimum absolute atomic E-state index is 0.241. The molecule has 2 aliphatic heterocycles. The fraction of sp³-hybridized carbons (Fsp3) is 0.556. The zero-order chi connectivity index (χ0) is 18.3. The maximum atomic E-state index is 9.83. The van der Waals surface area contributed by atoms with Gasteiger partial charge in [0.1, 0.15) is 35.9 Å². The van der Waals surface area contributed by atoms with Crippen LogP contribution >= 0.6 is 0 Å². The Kier molecular flexibility index (Phi) is 4.87. The first-order valence-corrected chi connectivity index (χ1v) is 8.67. The molecule has 142 valence electrons. The van der Waals surface area contributed by atoms with Crippen LogP contribution in [0.1, 0.15) is 36.6 Å². The van der Waals surface area contributed by atoms with Crippen molar-refractivity contribution in [3.8, 4) is 11.5 Å². The van der Waals surface area contributed by atoms with Gasteiger partial charge in [-0.05, 0) is 24.3 Å². The lowest BCUT2D eigenvalue weighted by atomic mass is 10.1. The molecule has 0 spiro atoms.